The maximum absolute atomic E-state index is 12.5. The summed E-state index contributed by atoms with van der Waals surface area (Å²) in [6.45, 7) is 0. The summed E-state index contributed by atoms with van der Waals surface area (Å²) in [4.78, 5) is 25.2. The van der Waals surface area contributed by atoms with Gasteiger partial charge in [0.1, 0.15) is 0 Å². The van der Waals surface area contributed by atoms with Crippen LogP contribution in [0.5, 0.6) is 0 Å². The summed E-state index contributed by atoms with van der Waals surface area (Å²) in [5, 5.41) is 8.91. The number of carboxylic acids is 1. The average molecular weight is 309 g/mol. The highest BCUT2D eigenvalue weighted by Crippen LogP contribution is 2.35. The van der Waals surface area contributed by atoms with Crippen LogP contribution in [0, 0.1) is 0 Å². The van der Waals surface area contributed by atoms with Crippen LogP contribution >= 0.6 is 0 Å². The maximum atomic E-state index is 12.5. The molecule has 0 spiro atoms. The van der Waals surface area contributed by atoms with Crippen molar-refractivity contribution in [1.82, 2.24) is 4.90 Å². The molecule has 2 aromatic carbocycles. The van der Waals surface area contributed by atoms with Gasteiger partial charge in [0.2, 0.25) is 5.91 Å². The Bertz CT molecular complexity index is 737. The van der Waals surface area contributed by atoms with Crippen LogP contribution in [0.4, 0.5) is 0 Å². The molecule has 23 heavy (non-hydrogen) atoms. The fourth-order valence-corrected chi connectivity index (χ4v) is 3.18. The van der Waals surface area contributed by atoms with Crippen molar-refractivity contribution in [2.75, 3.05) is 7.05 Å². The molecule has 0 aliphatic heterocycles. The molecule has 1 amide bonds. The van der Waals surface area contributed by atoms with E-state index in [4.69, 9.17) is 5.11 Å². The molecule has 2 aromatic rings. The fraction of sp³-hybridized carbons (Fsp3) is 0.263. The molecular formula is C19H19NO3. The first-order chi connectivity index (χ1) is 11.1. The van der Waals surface area contributed by atoms with Gasteiger partial charge in [-0.1, -0.05) is 36.4 Å². The van der Waals surface area contributed by atoms with Crippen molar-refractivity contribution in [3.05, 3.63) is 70.8 Å². The minimum absolute atomic E-state index is 0.0507. The van der Waals surface area contributed by atoms with E-state index in [0.717, 1.165) is 18.4 Å². The second-order valence-electron chi connectivity index (χ2n) is 5.94. The zero-order chi connectivity index (χ0) is 16.4. The lowest BCUT2D eigenvalue weighted by Crippen LogP contribution is -2.31. The molecule has 4 nitrogen and oxygen atoms in total. The molecule has 0 bridgehead atoms. The van der Waals surface area contributed by atoms with Crippen molar-refractivity contribution in [3.8, 4) is 0 Å². The highest BCUT2D eigenvalue weighted by Gasteiger charge is 2.28. The molecule has 118 valence electrons. The molecule has 3 rings (SSSR count). The number of hydrogen-bond acceptors (Lipinski definition) is 2. The molecule has 1 atom stereocenters. The van der Waals surface area contributed by atoms with E-state index in [1.54, 1.807) is 12.1 Å². The zero-order valence-corrected chi connectivity index (χ0v) is 13.0. The number of amides is 1. The van der Waals surface area contributed by atoms with Gasteiger partial charge in [-0.15, -0.1) is 0 Å². The van der Waals surface area contributed by atoms with E-state index < -0.39 is 5.97 Å². The Kier molecular flexibility index (Phi) is 4.15. The maximum Gasteiger partial charge on any atom is 0.335 e. The SMILES string of the molecule is CN(C(=O)Cc1ccc(C(=O)O)cc1)C1CCc2ccccc21. The van der Waals surface area contributed by atoms with Gasteiger partial charge in [-0.2, -0.15) is 0 Å². The van der Waals surface area contributed by atoms with Gasteiger partial charge in [-0.25, -0.2) is 4.79 Å². The Morgan fingerprint density at radius 2 is 1.83 bits per heavy atom. The Hall–Kier alpha value is -2.62. The minimum atomic E-state index is -0.956. The number of benzene rings is 2. The number of carboxylic acid groups (broad SMARTS) is 1. The number of aromatic carboxylic acids is 1. The van der Waals surface area contributed by atoms with Gasteiger partial charge in [0.25, 0.3) is 0 Å². The minimum Gasteiger partial charge on any atom is -0.478 e. The van der Waals surface area contributed by atoms with Crippen LogP contribution in [-0.2, 0) is 17.6 Å². The quantitative estimate of drug-likeness (QED) is 0.944. The standard InChI is InChI=1S/C19H19NO3/c1-20(17-11-10-14-4-2-3-5-16(14)17)18(21)12-13-6-8-15(9-7-13)19(22)23/h2-9,17H,10-12H2,1H3,(H,22,23). The lowest BCUT2D eigenvalue weighted by atomic mass is 10.1. The Morgan fingerprint density at radius 1 is 1.13 bits per heavy atom. The lowest BCUT2D eigenvalue weighted by molar-refractivity contribution is -0.131. The van der Waals surface area contributed by atoms with Crippen molar-refractivity contribution in [2.45, 2.75) is 25.3 Å². The number of likely N-dealkylation sites (N-methyl/N-ethyl adjacent to an activating group) is 1. The van der Waals surface area contributed by atoms with Gasteiger partial charge in [0.15, 0.2) is 0 Å². The number of nitrogens with zero attached hydrogens (tertiary/aromatic N) is 1. The summed E-state index contributed by atoms with van der Waals surface area (Å²) in [6, 6.07) is 14.9. The summed E-state index contributed by atoms with van der Waals surface area (Å²) in [5.74, 6) is -0.905. The van der Waals surface area contributed by atoms with Crippen molar-refractivity contribution in [2.24, 2.45) is 0 Å². The predicted molar refractivity (Wildman–Crippen MR) is 87.4 cm³/mol. The van der Waals surface area contributed by atoms with Crippen molar-refractivity contribution in [1.29, 1.82) is 0 Å². The van der Waals surface area contributed by atoms with Crippen LogP contribution < -0.4 is 0 Å². The summed E-state index contributed by atoms with van der Waals surface area (Å²) in [5.41, 5.74) is 3.63. The molecule has 4 heteroatoms. The number of fused-ring (bicyclic) bond motifs is 1. The van der Waals surface area contributed by atoms with Crippen LogP contribution in [-0.4, -0.2) is 28.9 Å². The molecule has 0 aromatic heterocycles. The number of aryl methyl sites for hydroxylation is 1. The van der Waals surface area contributed by atoms with E-state index in [-0.39, 0.29) is 23.9 Å². The average Bonchev–Trinajstić information content (AvgIpc) is 2.98. The monoisotopic (exact) mass is 309 g/mol. The van der Waals surface area contributed by atoms with Gasteiger partial charge in [-0.05, 0) is 41.7 Å². The molecule has 1 aliphatic rings. The molecule has 1 aliphatic carbocycles. The number of hydrogen-bond donors (Lipinski definition) is 1. The topological polar surface area (TPSA) is 57.6 Å². The van der Waals surface area contributed by atoms with Crippen LogP contribution in [0.25, 0.3) is 0 Å². The van der Waals surface area contributed by atoms with Gasteiger partial charge < -0.3 is 10.0 Å². The van der Waals surface area contributed by atoms with Gasteiger partial charge in [0.05, 0.1) is 18.0 Å². The van der Waals surface area contributed by atoms with E-state index in [9.17, 15) is 9.59 Å². The van der Waals surface area contributed by atoms with E-state index in [0.29, 0.717) is 0 Å². The van der Waals surface area contributed by atoms with E-state index in [1.807, 2.05) is 24.1 Å². The molecular weight excluding hydrogens is 290 g/mol. The number of carbonyl (C=O) groups excluding carboxylic acids is 1. The molecule has 0 fully saturated rings. The lowest BCUT2D eigenvalue weighted by Gasteiger charge is -2.25. The van der Waals surface area contributed by atoms with Gasteiger partial charge >= 0.3 is 5.97 Å². The molecule has 0 saturated carbocycles. The highest BCUT2D eigenvalue weighted by atomic mass is 16.4. The van der Waals surface area contributed by atoms with E-state index >= 15 is 0 Å². The first-order valence-electron chi connectivity index (χ1n) is 7.72. The molecule has 1 N–H and O–H groups in total. The second-order valence-corrected chi connectivity index (χ2v) is 5.94. The molecule has 0 saturated heterocycles. The highest BCUT2D eigenvalue weighted by molar-refractivity contribution is 5.87. The first kappa shape index (κ1) is 15.3. The van der Waals surface area contributed by atoms with Crippen molar-refractivity contribution in [3.63, 3.8) is 0 Å². The van der Waals surface area contributed by atoms with Crippen LogP contribution in [0.1, 0.15) is 39.5 Å². The first-order valence-corrected chi connectivity index (χ1v) is 7.72. The molecule has 1 unspecified atom stereocenters. The second kappa shape index (κ2) is 6.24. The van der Waals surface area contributed by atoms with Crippen LogP contribution in [0.2, 0.25) is 0 Å². The molecule has 0 radical (unpaired) electrons. The largest absolute Gasteiger partial charge is 0.478 e. The third-order valence-corrected chi connectivity index (χ3v) is 4.52. The van der Waals surface area contributed by atoms with Crippen molar-refractivity contribution >= 4 is 11.9 Å². The molecule has 0 heterocycles. The predicted octanol–water partition coefficient (Wildman–Crippen LogP) is 3.07. The number of carbonyl (C=O) groups is 2. The Balaban J connectivity index is 1.70. The smallest absolute Gasteiger partial charge is 0.335 e. The summed E-state index contributed by atoms with van der Waals surface area (Å²) < 4.78 is 0. The van der Waals surface area contributed by atoms with Crippen molar-refractivity contribution < 1.29 is 14.7 Å². The zero-order valence-electron chi connectivity index (χ0n) is 13.0. The number of rotatable bonds is 4. The summed E-state index contributed by atoms with van der Waals surface area (Å²) >= 11 is 0. The normalized spacial score (nSPS) is 16.0. The van der Waals surface area contributed by atoms with E-state index in [2.05, 4.69) is 12.1 Å². The van der Waals surface area contributed by atoms with Gasteiger partial charge in [0, 0.05) is 7.05 Å². The van der Waals surface area contributed by atoms with Gasteiger partial charge in [-0.3, -0.25) is 4.79 Å². The Morgan fingerprint density at radius 3 is 2.52 bits per heavy atom. The third-order valence-electron chi connectivity index (χ3n) is 4.52. The Labute approximate surface area is 135 Å². The fourth-order valence-electron chi connectivity index (χ4n) is 3.18. The third kappa shape index (κ3) is 3.11. The van der Waals surface area contributed by atoms with Crippen LogP contribution in [0.15, 0.2) is 48.5 Å². The van der Waals surface area contributed by atoms with Crippen LogP contribution in [0.3, 0.4) is 0 Å². The van der Waals surface area contributed by atoms with E-state index in [1.165, 1.54) is 23.3 Å². The summed E-state index contributed by atoms with van der Waals surface area (Å²) in [6.07, 6.45) is 2.25. The summed E-state index contributed by atoms with van der Waals surface area (Å²) in [7, 11) is 1.85.